The number of likely N-dealkylation sites (tertiary alicyclic amines) is 2. The van der Waals surface area contributed by atoms with Crippen molar-refractivity contribution in [1.82, 2.24) is 29.7 Å². The van der Waals surface area contributed by atoms with Gasteiger partial charge in [-0.05, 0) is 114 Å². The lowest BCUT2D eigenvalue weighted by Crippen LogP contribution is -2.42. The van der Waals surface area contributed by atoms with Gasteiger partial charge in [0.15, 0.2) is 0 Å². The molecule has 0 spiro atoms. The van der Waals surface area contributed by atoms with Gasteiger partial charge in [-0.3, -0.25) is 9.80 Å². The van der Waals surface area contributed by atoms with Gasteiger partial charge in [0, 0.05) is 18.5 Å². The van der Waals surface area contributed by atoms with Crippen molar-refractivity contribution in [2.75, 3.05) is 13.1 Å². The molecule has 5 aromatic rings. The summed E-state index contributed by atoms with van der Waals surface area (Å²) in [5.74, 6) is 1.59. The Bertz CT molecular complexity index is 1980. The van der Waals surface area contributed by atoms with E-state index in [0.717, 1.165) is 87.7 Å². The van der Waals surface area contributed by atoms with Gasteiger partial charge in [-0.15, -0.1) is 0 Å². The predicted octanol–water partition coefficient (Wildman–Crippen LogP) is 8.79. The van der Waals surface area contributed by atoms with Gasteiger partial charge in [-0.1, -0.05) is 24.3 Å². The lowest BCUT2D eigenvalue weighted by molar-refractivity contribution is 0.00849. The van der Waals surface area contributed by atoms with Crippen LogP contribution in [0.1, 0.15) is 97.4 Å². The van der Waals surface area contributed by atoms with Crippen molar-refractivity contribution >= 4 is 45.0 Å². The summed E-state index contributed by atoms with van der Waals surface area (Å²) in [6.45, 7) is 12.7. The fourth-order valence-electron chi connectivity index (χ4n) is 6.87. The molecule has 0 aliphatic carbocycles. The van der Waals surface area contributed by atoms with Gasteiger partial charge in [-0.25, -0.2) is 19.6 Å². The highest BCUT2D eigenvalue weighted by atomic mass is 16.6. The van der Waals surface area contributed by atoms with Crippen LogP contribution in [0.4, 0.5) is 9.59 Å². The molecule has 2 aliphatic heterocycles. The summed E-state index contributed by atoms with van der Waals surface area (Å²) in [7, 11) is 0. The van der Waals surface area contributed by atoms with Crippen molar-refractivity contribution in [1.29, 1.82) is 0 Å². The first kappa shape index (κ1) is 31.0. The van der Waals surface area contributed by atoms with Crippen LogP contribution >= 0.6 is 0 Å². The maximum absolute atomic E-state index is 13.0. The highest BCUT2D eigenvalue weighted by molar-refractivity contribution is 6.05. The van der Waals surface area contributed by atoms with E-state index in [0.29, 0.717) is 13.1 Å². The van der Waals surface area contributed by atoms with Crippen LogP contribution in [0, 0.1) is 0 Å². The number of nitrogens with zero attached hydrogens (tertiary/aromatic N) is 4. The topological polar surface area (TPSA) is 116 Å². The van der Waals surface area contributed by atoms with E-state index < -0.39 is 11.2 Å². The fraction of sp³-hybridized carbons (Fsp3) is 0.459. The summed E-state index contributed by atoms with van der Waals surface area (Å²) in [5.41, 5.74) is 4.72. The van der Waals surface area contributed by atoms with E-state index in [1.807, 2.05) is 52.5 Å². The number of imidazole rings is 2. The van der Waals surface area contributed by atoms with E-state index in [9.17, 15) is 9.59 Å². The number of piperidine rings is 1. The standard InChI is InChI=1S/C37H44N6O4/c1-36(2,3)46-34(44)42-18-8-7-10-29(42)32-38-26-16-13-23(21-28(26)40-32)22-12-15-25-24(20-22)14-17-27-31(25)41-33(39-27)30-11-9-19-43(30)35(45)47-37(4,5)6/h12-17,20-21,29-30H,7-11,18-19H2,1-6H3,(H,38,40)(H,39,41)/t29-,30-/m0/s1. The molecule has 2 aromatic heterocycles. The van der Waals surface area contributed by atoms with Gasteiger partial charge in [0.2, 0.25) is 0 Å². The van der Waals surface area contributed by atoms with Gasteiger partial charge >= 0.3 is 12.2 Å². The molecule has 2 N–H and O–H groups in total. The van der Waals surface area contributed by atoms with Crippen LogP contribution in [0.25, 0.3) is 44.0 Å². The van der Waals surface area contributed by atoms with Crippen LogP contribution in [0.5, 0.6) is 0 Å². The molecule has 2 saturated heterocycles. The zero-order valence-corrected chi connectivity index (χ0v) is 28.1. The highest BCUT2D eigenvalue weighted by Crippen LogP contribution is 2.36. The Morgan fingerprint density at radius 2 is 1.30 bits per heavy atom. The lowest BCUT2D eigenvalue weighted by Gasteiger charge is -2.35. The first-order valence-corrected chi connectivity index (χ1v) is 16.7. The normalized spacial score (nSPS) is 19.2. The second kappa shape index (κ2) is 11.6. The van der Waals surface area contributed by atoms with Crippen LogP contribution in [0.3, 0.4) is 0 Å². The molecule has 246 valence electrons. The molecule has 10 nitrogen and oxygen atoms in total. The van der Waals surface area contributed by atoms with E-state index in [1.54, 1.807) is 4.90 Å². The Morgan fingerprint density at radius 3 is 2.00 bits per heavy atom. The van der Waals surface area contributed by atoms with Crippen molar-refractivity contribution in [3.63, 3.8) is 0 Å². The third-order valence-corrected chi connectivity index (χ3v) is 8.96. The second-order valence-corrected chi connectivity index (χ2v) is 14.9. The molecule has 7 rings (SSSR count). The average Bonchev–Trinajstić information content (AvgIpc) is 3.76. The number of hydrogen-bond donors (Lipinski definition) is 2. The Hall–Kier alpha value is -4.60. The minimum absolute atomic E-state index is 0.137. The monoisotopic (exact) mass is 636 g/mol. The summed E-state index contributed by atoms with van der Waals surface area (Å²) in [4.78, 5) is 46.5. The van der Waals surface area contributed by atoms with Crippen molar-refractivity contribution < 1.29 is 19.1 Å². The molecule has 10 heteroatoms. The van der Waals surface area contributed by atoms with Gasteiger partial charge in [-0.2, -0.15) is 0 Å². The van der Waals surface area contributed by atoms with Gasteiger partial charge in [0.25, 0.3) is 0 Å². The Labute approximate surface area is 274 Å². The highest BCUT2D eigenvalue weighted by Gasteiger charge is 2.36. The Morgan fingerprint density at radius 1 is 0.702 bits per heavy atom. The number of amides is 2. The number of rotatable bonds is 3. The summed E-state index contributed by atoms with van der Waals surface area (Å²) >= 11 is 0. The van der Waals surface area contributed by atoms with Gasteiger partial charge in [0.05, 0.1) is 34.2 Å². The number of fused-ring (bicyclic) bond motifs is 4. The predicted molar refractivity (Wildman–Crippen MR) is 183 cm³/mol. The summed E-state index contributed by atoms with van der Waals surface area (Å²) in [6.07, 6.45) is 4.01. The number of aromatic amines is 2. The van der Waals surface area contributed by atoms with E-state index in [2.05, 4.69) is 52.4 Å². The minimum atomic E-state index is -0.550. The molecular weight excluding hydrogens is 592 g/mol. The number of benzene rings is 3. The van der Waals surface area contributed by atoms with Crippen LogP contribution < -0.4 is 0 Å². The number of H-pyrrole nitrogens is 2. The van der Waals surface area contributed by atoms with Gasteiger partial charge < -0.3 is 19.4 Å². The van der Waals surface area contributed by atoms with Gasteiger partial charge in [0.1, 0.15) is 22.9 Å². The van der Waals surface area contributed by atoms with Crippen LogP contribution in [0.2, 0.25) is 0 Å². The zero-order chi connectivity index (χ0) is 33.1. The number of aromatic nitrogens is 4. The largest absolute Gasteiger partial charge is 0.444 e. The SMILES string of the molecule is CC(C)(C)OC(=O)N1CCCC[C@H]1c1nc2ccc(-c3ccc4c(ccc5[nH]c([C@@H]6CCCN6C(=O)OC(C)(C)C)nc54)c3)cc2[nH]1. The number of ether oxygens (including phenoxy) is 2. The molecule has 2 atom stereocenters. The molecule has 0 saturated carbocycles. The van der Waals surface area contributed by atoms with Crippen molar-refractivity contribution in [3.8, 4) is 11.1 Å². The molecule has 2 fully saturated rings. The molecule has 0 radical (unpaired) electrons. The van der Waals surface area contributed by atoms with E-state index in [1.165, 1.54) is 0 Å². The maximum Gasteiger partial charge on any atom is 0.410 e. The molecular formula is C37H44N6O4. The van der Waals surface area contributed by atoms with E-state index in [4.69, 9.17) is 19.4 Å². The molecule has 4 heterocycles. The fourth-order valence-corrected chi connectivity index (χ4v) is 6.87. The van der Waals surface area contributed by atoms with E-state index >= 15 is 0 Å². The third-order valence-electron chi connectivity index (χ3n) is 8.96. The van der Waals surface area contributed by atoms with Crippen molar-refractivity contribution in [2.45, 2.75) is 96.9 Å². The second-order valence-electron chi connectivity index (χ2n) is 14.9. The number of carbonyl (C=O) groups is 2. The lowest BCUT2D eigenvalue weighted by atomic mass is 10.0. The first-order chi connectivity index (χ1) is 22.3. The zero-order valence-electron chi connectivity index (χ0n) is 28.1. The van der Waals surface area contributed by atoms with Crippen LogP contribution in [0.15, 0.2) is 48.5 Å². The third kappa shape index (κ3) is 6.25. The number of carbonyl (C=O) groups excluding carboxylic acids is 2. The smallest absolute Gasteiger partial charge is 0.410 e. The Kier molecular flexibility index (Phi) is 7.64. The maximum atomic E-state index is 13.0. The summed E-state index contributed by atoms with van der Waals surface area (Å²) < 4.78 is 11.4. The molecule has 2 aliphatic rings. The van der Waals surface area contributed by atoms with Crippen LogP contribution in [-0.2, 0) is 9.47 Å². The number of hydrogen-bond acceptors (Lipinski definition) is 6. The van der Waals surface area contributed by atoms with E-state index in [-0.39, 0.29) is 24.3 Å². The number of nitrogens with one attached hydrogen (secondary N) is 2. The molecule has 0 bridgehead atoms. The first-order valence-electron chi connectivity index (χ1n) is 16.7. The van der Waals surface area contributed by atoms with Crippen molar-refractivity contribution in [3.05, 3.63) is 60.2 Å². The average molecular weight is 637 g/mol. The molecule has 47 heavy (non-hydrogen) atoms. The minimum Gasteiger partial charge on any atom is -0.444 e. The Balaban J connectivity index is 1.16. The summed E-state index contributed by atoms with van der Waals surface area (Å²) in [6, 6.07) is 16.6. The molecule has 0 unspecified atom stereocenters. The van der Waals surface area contributed by atoms with Crippen molar-refractivity contribution in [2.24, 2.45) is 0 Å². The molecule has 2 amide bonds. The summed E-state index contributed by atoms with van der Waals surface area (Å²) in [5, 5.41) is 2.14. The van der Waals surface area contributed by atoms with Crippen LogP contribution in [-0.4, -0.2) is 66.2 Å². The molecule has 3 aromatic carbocycles. The quantitative estimate of drug-likeness (QED) is 0.204.